The van der Waals surface area contributed by atoms with Gasteiger partial charge < -0.3 is 24.4 Å². The Labute approximate surface area is 197 Å². The summed E-state index contributed by atoms with van der Waals surface area (Å²) < 4.78 is 17.1. The Bertz CT molecular complexity index is 1100. The highest BCUT2D eigenvalue weighted by Gasteiger charge is 2.19. The highest BCUT2D eigenvalue weighted by atomic mass is 35.5. The Hall–Kier alpha value is -2.48. The molecule has 1 aromatic heterocycles. The van der Waals surface area contributed by atoms with Gasteiger partial charge in [0.2, 0.25) is 0 Å². The fraction of sp³-hybridized carbons (Fsp3) is 0.391. The smallest absolute Gasteiger partial charge is 0.163 e. The van der Waals surface area contributed by atoms with Crippen LogP contribution in [0.15, 0.2) is 30.6 Å². The van der Waals surface area contributed by atoms with E-state index in [9.17, 15) is 0 Å². The van der Waals surface area contributed by atoms with Crippen molar-refractivity contribution in [2.24, 2.45) is 5.92 Å². The average molecular weight is 477 g/mol. The highest BCUT2D eigenvalue weighted by molar-refractivity contribution is 6.37. The molecule has 4 rings (SSSR count). The molecule has 2 heterocycles. The van der Waals surface area contributed by atoms with Crippen LogP contribution in [0.25, 0.3) is 10.9 Å². The number of hydrogen-bond donors (Lipinski definition) is 1. The summed E-state index contributed by atoms with van der Waals surface area (Å²) in [6.07, 6.45) is 3.76. The Morgan fingerprint density at radius 1 is 0.969 bits per heavy atom. The summed E-state index contributed by atoms with van der Waals surface area (Å²) in [5.41, 5.74) is 1.35. The van der Waals surface area contributed by atoms with Crippen molar-refractivity contribution in [1.29, 1.82) is 0 Å². The van der Waals surface area contributed by atoms with E-state index in [1.165, 1.54) is 6.33 Å². The molecule has 1 N–H and O–H groups in total. The van der Waals surface area contributed by atoms with Crippen LogP contribution in [0.3, 0.4) is 0 Å². The Morgan fingerprint density at radius 2 is 1.72 bits per heavy atom. The molecule has 1 saturated heterocycles. The number of benzene rings is 2. The zero-order chi connectivity index (χ0) is 22.7. The van der Waals surface area contributed by atoms with Crippen LogP contribution in [0, 0.1) is 5.92 Å². The molecule has 0 unspecified atom stereocenters. The number of hydrogen-bond acceptors (Lipinski definition) is 7. The van der Waals surface area contributed by atoms with Crippen LogP contribution in [-0.2, 0) is 0 Å². The fourth-order valence-corrected chi connectivity index (χ4v) is 4.29. The molecule has 0 atom stereocenters. The first-order valence-electron chi connectivity index (χ1n) is 10.4. The van der Waals surface area contributed by atoms with Crippen LogP contribution in [0.1, 0.15) is 12.8 Å². The van der Waals surface area contributed by atoms with E-state index in [1.807, 2.05) is 12.1 Å². The monoisotopic (exact) mass is 476 g/mol. The number of nitrogens with one attached hydrogen (secondary N) is 1. The summed E-state index contributed by atoms with van der Waals surface area (Å²) in [4.78, 5) is 11.2. The van der Waals surface area contributed by atoms with E-state index >= 15 is 0 Å². The lowest BCUT2D eigenvalue weighted by Gasteiger charge is -2.28. The van der Waals surface area contributed by atoms with Crippen molar-refractivity contribution in [1.82, 2.24) is 14.9 Å². The Morgan fingerprint density at radius 3 is 2.44 bits per heavy atom. The van der Waals surface area contributed by atoms with Crippen molar-refractivity contribution in [2.75, 3.05) is 46.3 Å². The number of ether oxygens (including phenoxy) is 3. The van der Waals surface area contributed by atoms with Crippen molar-refractivity contribution in [3.8, 4) is 17.2 Å². The quantitative estimate of drug-likeness (QED) is 0.488. The van der Waals surface area contributed by atoms with E-state index in [0.717, 1.165) is 36.8 Å². The van der Waals surface area contributed by atoms with Crippen molar-refractivity contribution in [3.05, 3.63) is 40.6 Å². The molecule has 7 nitrogen and oxygen atoms in total. The van der Waals surface area contributed by atoms with E-state index < -0.39 is 0 Å². The highest BCUT2D eigenvalue weighted by Crippen LogP contribution is 2.38. The van der Waals surface area contributed by atoms with E-state index in [4.69, 9.17) is 37.4 Å². The number of rotatable bonds is 7. The molecule has 170 valence electrons. The fourth-order valence-electron chi connectivity index (χ4n) is 3.78. The number of aromatic nitrogens is 2. The minimum Gasteiger partial charge on any atom is -0.495 e. The predicted octanol–water partition coefficient (Wildman–Crippen LogP) is 5.42. The van der Waals surface area contributed by atoms with Gasteiger partial charge in [-0.2, -0.15) is 0 Å². The number of piperidine rings is 1. The van der Waals surface area contributed by atoms with Crippen LogP contribution < -0.4 is 19.5 Å². The van der Waals surface area contributed by atoms with Crippen molar-refractivity contribution in [3.63, 3.8) is 0 Å². The molecule has 32 heavy (non-hydrogen) atoms. The molecule has 3 aromatic rings. The number of halogens is 2. The van der Waals surface area contributed by atoms with Gasteiger partial charge in [-0.25, -0.2) is 9.97 Å². The van der Waals surface area contributed by atoms with Crippen molar-refractivity contribution < 1.29 is 14.2 Å². The maximum absolute atomic E-state index is 6.37. The van der Waals surface area contributed by atoms with Gasteiger partial charge in [-0.1, -0.05) is 23.2 Å². The first kappa shape index (κ1) is 22.7. The maximum atomic E-state index is 6.37. The molecule has 0 radical (unpaired) electrons. The van der Waals surface area contributed by atoms with Gasteiger partial charge in [0, 0.05) is 17.5 Å². The normalized spacial score (nSPS) is 15.0. The van der Waals surface area contributed by atoms with Gasteiger partial charge in [0.1, 0.15) is 17.9 Å². The second-order valence-corrected chi connectivity index (χ2v) is 8.71. The molecule has 1 fully saturated rings. The van der Waals surface area contributed by atoms with Crippen LogP contribution in [0.5, 0.6) is 17.2 Å². The molecular formula is C23H26Cl2N4O3. The summed E-state index contributed by atoms with van der Waals surface area (Å²) in [5, 5.41) is 4.92. The lowest BCUT2D eigenvalue weighted by Crippen LogP contribution is -2.32. The molecule has 0 aliphatic carbocycles. The molecule has 1 aliphatic rings. The van der Waals surface area contributed by atoms with Crippen LogP contribution in [0.4, 0.5) is 11.5 Å². The van der Waals surface area contributed by atoms with Gasteiger partial charge in [-0.15, -0.1) is 0 Å². The van der Waals surface area contributed by atoms with Gasteiger partial charge in [-0.3, -0.25) is 0 Å². The molecule has 2 aromatic carbocycles. The molecule has 0 amide bonds. The van der Waals surface area contributed by atoms with Gasteiger partial charge >= 0.3 is 0 Å². The van der Waals surface area contributed by atoms with Gasteiger partial charge in [0.05, 0.1) is 42.1 Å². The van der Waals surface area contributed by atoms with Gasteiger partial charge in [0.15, 0.2) is 11.5 Å². The zero-order valence-electron chi connectivity index (χ0n) is 18.3. The van der Waals surface area contributed by atoms with Crippen molar-refractivity contribution >= 4 is 45.6 Å². The molecular weight excluding hydrogens is 451 g/mol. The zero-order valence-corrected chi connectivity index (χ0v) is 19.8. The van der Waals surface area contributed by atoms with Crippen molar-refractivity contribution in [2.45, 2.75) is 12.8 Å². The van der Waals surface area contributed by atoms with E-state index in [1.54, 1.807) is 26.4 Å². The summed E-state index contributed by atoms with van der Waals surface area (Å²) >= 11 is 12.5. The lowest BCUT2D eigenvalue weighted by molar-refractivity contribution is 0.157. The summed E-state index contributed by atoms with van der Waals surface area (Å²) in [7, 11) is 5.33. The standard InChI is InChI=1S/C23H26Cl2N4O3/c1-29-6-4-14(5-7-29)12-32-22-10-18-15(8-21(22)31-3)23(27-13-26-18)28-19-11-20(30-2)17(25)9-16(19)24/h8-11,13-14H,4-7,12H2,1-3H3,(H,26,27,28). The number of nitrogens with zero attached hydrogens (tertiary/aromatic N) is 3. The number of fused-ring (bicyclic) bond motifs is 1. The molecule has 0 bridgehead atoms. The third kappa shape index (κ3) is 4.95. The largest absolute Gasteiger partial charge is 0.495 e. The molecule has 1 aliphatic heterocycles. The second-order valence-electron chi connectivity index (χ2n) is 7.89. The lowest BCUT2D eigenvalue weighted by atomic mass is 9.98. The number of anilines is 2. The summed E-state index contributed by atoms with van der Waals surface area (Å²) in [6.45, 7) is 2.86. The second kappa shape index (κ2) is 9.98. The molecule has 9 heteroatoms. The van der Waals surface area contributed by atoms with Crippen LogP contribution in [0.2, 0.25) is 10.0 Å². The SMILES string of the molecule is COc1cc(Nc2ncnc3cc(OCC4CCN(C)CC4)c(OC)cc23)c(Cl)cc1Cl. The third-order valence-electron chi connectivity index (χ3n) is 5.73. The Balaban J connectivity index is 1.60. The average Bonchev–Trinajstić information content (AvgIpc) is 2.80. The topological polar surface area (TPSA) is 68.7 Å². The predicted molar refractivity (Wildman–Crippen MR) is 128 cm³/mol. The van der Waals surface area contributed by atoms with Crippen LogP contribution in [-0.4, -0.2) is 55.8 Å². The number of methoxy groups -OCH3 is 2. The summed E-state index contributed by atoms with van der Waals surface area (Å²) in [6, 6.07) is 7.13. The number of likely N-dealkylation sites (tertiary alicyclic amines) is 1. The summed E-state index contributed by atoms with van der Waals surface area (Å²) in [5.74, 6) is 2.94. The molecule has 0 spiro atoms. The minimum atomic E-state index is 0.434. The van der Waals surface area contributed by atoms with Crippen LogP contribution >= 0.6 is 23.2 Å². The first-order valence-corrected chi connectivity index (χ1v) is 11.2. The Kier molecular flexibility index (Phi) is 7.08. The van der Waals surface area contributed by atoms with E-state index in [2.05, 4.69) is 27.2 Å². The third-order valence-corrected chi connectivity index (χ3v) is 6.34. The maximum Gasteiger partial charge on any atom is 0.163 e. The van der Waals surface area contributed by atoms with E-state index in [0.29, 0.717) is 51.3 Å². The van der Waals surface area contributed by atoms with Gasteiger partial charge in [-0.05, 0) is 51.0 Å². The first-order chi connectivity index (χ1) is 15.5. The van der Waals surface area contributed by atoms with Gasteiger partial charge in [0.25, 0.3) is 0 Å². The van der Waals surface area contributed by atoms with E-state index in [-0.39, 0.29) is 0 Å². The minimum absolute atomic E-state index is 0.434. The molecule has 0 saturated carbocycles.